The van der Waals surface area contributed by atoms with Gasteiger partial charge in [0, 0.05) is 5.56 Å². The highest BCUT2D eigenvalue weighted by atomic mass is 16.5. The standard InChI is InChI=1S/C15H11NO4/c17-13(18)9-19-12-8-4-7-11-14(16-20-15(11)12)10-5-2-1-3-6-10/h1-8H,9H2,(H,17,18). The molecule has 100 valence electrons. The summed E-state index contributed by atoms with van der Waals surface area (Å²) in [7, 11) is 0. The number of hydrogen-bond acceptors (Lipinski definition) is 4. The minimum Gasteiger partial charge on any atom is -0.479 e. The van der Waals surface area contributed by atoms with Crippen molar-refractivity contribution in [3.8, 4) is 17.0 Å². The van der Waals surface area contributed by atoms with Gasteiger partial charge in [-0.15, -0.1) is 0 Å². The van der Waals surface area contributed by atoms with Crippen LogP contribution in [0, 0.1) is 0 Å². The number of rotatable bonds is 4. The van der Waals surface area contributed by atoms with Gasteiger partial charge in [-0.05, 0) is 12.1 Å². The van der Waals surface area contributed by atoms with Gasteiger partial charge < -0.3 is 14.4 Å². The molecule has 3 aromatic rings. The molecule has 0 aliphatic heterocycles. The number of carboxylic acids is 1. The summed E-state index contributed by atoms with van der Waals surface area (Å²) in [6.45, 7) is -0.416. The molecule has 0 fully saturated rings. The molecule has 0 radical (unpaired) electrons. The van der Waals surface area contributed by atoms with Crippen molar-refractivity contribution in [3.05, 3.63) is 48.5 Å². The Morgan fingerprint density at radius 3 is 2.70 bits per heavy atom. The van der Waals surface area contributed by atoms with E-state index < -0.39 is 12.6 Å². The molecule has 0 saturated carbocycles. The lowest BCUT2D eigenvalue weighted by Crippen LogP contribution is -2.09. The fourth-order valence-corrected chi connectivity index (χ4v) is 1.99. The fourth-order valence-electron chi connectivity index (χ4n) is 1.99. The van der Waals surface area contributed by atoms with Crippen LogP contribution in [-0.2, 0) is 4.79 Å². The normalized spacial score (nSPS) is 10.6. The molecular formula is C15H11NO4. The molecule has 20 heavy (non-hydrogen) atoms. The van der Waals surface area contributed by atoms with Crippen LogP contribution in [0.4, 0.5) is 0 Å². The highest BCUT2D eigenvalue weighted by Crippen LogP contribution is 2.33. The smallest absolute Gasteiger partial charge is 0.341 e. The summed E-state index contributed by atoms with van der Waals surface area (Å²) in [5, 5.41) is 13.5. The number of para-hydroxylation sites is 1. The Kier molecular flexibility index (Phi) is 3.09. The molecule has 0 bridgehead atoms. The number of fused-ring (bicyclic) bond motifs is 1. The first kappa shape index (κ1) is 12.2. The number of benzene rings is 2. The van der Waals surface area contributed by atoms with E-state index in [1.807, 2.05) is 36.4 Å². The summed E-state index contributed by atoms with van der Waals surface area (Å²) in [5.41, 5.74) is 2.09. The van der Waals surface area contributed by atoms with Gasteiger partial charge >= 0.3 is 5.97 Å². The quantitative estimate of drug-likeness (QED) is 0.788. The first-order valence-electron chi connectivity index (χ1n) is 6.04. The Balaban J connectivity index is 2.06. The summed E-state index contributed by atoms with van der Waals surface area (Å²) in [6.07, 6.45) is 0. The molecule has 5 heteroatoms. The molecule has 0 unspecified atom stereocenters. The third-order valence-corrected chi connectivity index (χ3v) is 2.86. The van der Waals surface area contributed by atoms with Crippen molar-refractivity contribution in [1.82, 2.24) is 5.16 Å². The van der Waals surface area contributed by atoms with Crippen LogP contribution in [0.1, 0.15) is 0 Å². The zero-order chi connectivity index (χ0) is 13.9. The average molecular weight is 269 g/mol. The second-order valence-corrected chi connectivity index (χ2v) is 4.21. The second kappa shape index (κ2) is 5.05. The molecule has 1 aromatic heterocycles. The zero-order valence-corrected chi connectivity index (χ0v) is 10.4. The predicted octanol–water partition coefficient (Wildman–Crippen LogP) is 2.96. The van der Waals surface area contributed by atoms with Gasteiger partial charge in [0.25, 0.3) is 0 Å². The van der Waals surface area contributed by atoms with Crippen LogP contribution in [0.15, 0.2) is 53.1 Å². The maximum atomic E-state index is 10.6. The van der Waals surface area contributed by atoms with Gasteiger partial charge in [-0.1, -0.05) is 41.6 Å². The number of aromatic nitrogens is 1. The first-order chi connectivity index (χ1) is 9.75. The lowest BCUT2D eigenvalue weighted by molar-refractivity contribution is -0.139. The van der Waals surface area contributed by atoms with Crippen LogP contribution in [0.3, 0.4) is 0 Å². The van der Waals surface area contributed by atoms with Crippen LogP contribution in [0.25, 0.3) is 22.2 Å². The number of nitrogens with zero attached hydrogens (tertiary/aromatic N) is 1. The average Bonchev–Trinajstić information content (AvgIpc) is 2.90. The van der Waals surface area contributed by atoms with E-state index in [2.05, 4.69) is 5.16 Å². The number of aliphatic carboxylic acids is 1. The van der Waals surface area contributed by atoms with Crippen LogP contribution in [0.5, 0.6) is 5.75 Å². The van der Waals surface area contributed by atoms with Gasteiger partial charge in [0.1, 0.15) is 5.69 Å². The monoisotopic (exact) mass is 269 g/mol. The molecule has 0 amide bonds. The molecule has 2 aromatic carbocycles. The lowest BCUT2D eigenvalue weighted by atomic mass is 10.1. The van der Waals surface area contributed by atoms with Crippen molar-refractivity contribution in [2.45, 2.75) is 0 Å². The number of hydrogen-bond donors (Lipinski definition) is 1. The molecule has 1 heterocycles. The van der Waals surface area contributed by atoms with Gasteiger partial charge in [-0.3, -0.25) is 0 Å². The molecule has 5 nitrogen and oxygen atoms in total. The Labute approximate surface area is 114 Å². The third-order valence-electron chi connectivity index (χ3n) is 2.86. The second-order valence-electron chi connectivity index (χ2n) is 4.21. The lowest BCUT2D eigenvalue weighted by Gasteiger charge is -2.02. The Hall–Kier alpha value is -2.82. The van der Waals surface area contributed by atoms with Crippen molar-refractivity contribution in [3.63, 3.8) is 0 Å². The first-order valence-corrected chi connectivity index (χ1v) is 6.04. The van der Waals surface area contributed by atoms with Crippen molar-refractivity contribution in [1.29, 1.82) is 0 Å². The fraction of sp³-hybridized carbons (Fsp3) is 0.0667. The molecule has 0 aliphatic carbocycles. The Bertz CT molecular complexity index is 749. The van der Waals surface area contributed by atoms with Crippen molar-refractivity contribution >= 4 is 16.9 Å². The number of carbonyl (C=O) groups is 1. The number of ether oxygens (including phenoxy) is 1. The van der Waals surface area contributed by atoms with Crippen LogP contribution >= 0.6 is 0 Å². The van der Waals surface area contributed by atoms with E-state index in [4.69, 9.17) is 14.4 Å². The maximum Gasteiger partial charge on any atom is 0.341 e. The predicted molar refractivity (Wildman–Crippen MR) is 72.6 cm³/mol. The number of carboxylic acid groups (broad SMARTS) is 1. The molecule has 1 N–H and O–H groups in total. The third kappa shape index (κ3) is 2.21. The SMILES string of the molecule is O=C(O)COc1cccc2c(-c3ccccc3)noc12. The summed E-state index contributed by atoms with van der Waals surface area (Å²) in [5.74, 6) is -0.663. The summed E-state index contributed by atoms with van der Waals surface area (Å²) >= 11 is 0. The van der Waals surface area contributed by atoms with Gasteiger partial charge in [-0.2, -0.15) is 0 Å². The molecule has 0 atom stereocenters. The van der Waals surface area contributed by atoms with E-state index in [9.17, 15) is 4.79 Å². The van der Waals surface area contributed by atoms with Gasteiger partial charge in [0.2, 0.25) is 5.58 Å². The molecule has 3 rings (SSSR count). The van der Waals surface area contributed by atoms with E-state index in [-0.39, 0.29) is 0 Å². The highest BCUT2D eigenvalue weighted by molar-refractivity contribution is 5.94. The van der Waals surface area contributed by atoms with E-state index in [0.717, 1.165) is 10.9 Å². The molecule has 0 aliphatic rings. The van der Waals surface area contributed by atoms with E-state index in [1.54, 1.807) is 12.1 Å². The van der Waals surface area contributed by atoms with Crippen LogP contribution in [-0.4, -0.2) is 22.8 Å². The molecule has 0 saturated heterocycles. The Morgan fingerprint density at radius 2 is 1.95 bits per heavy atom. The molecule has 0 spiro atoms. The minimum absolute atomic E-state index is 0.375. The van der Waals surface area contributed by atoms with E-state index in [0.29, 0.717) is 17.0 Å². The van der Waals surface area contributed by atoms with Crippen LogP contribution < -0.4 is 4.74 Å². The summed E-state index contributed by atoms with van der Waals surface area (Å²) in [4.78, 5) is 10.6. The van der Waals surface area contributed by atoms with Crippen molar-refractivity contribution in [2.24, 2.45) is 0 Å². The largest absolute Gasteiger partial charge is 0.479 e. The van der Waals surface area contributed by atoms with E-state index in [1.165, 1.54) is 0 Å². The van der Waals surface area contributed by atoms with Crippen LogP contribution in [0.2, 0.25) is 0 Å². The van der Waals surface area contributed by atoms with Gasteiger partial charge in [0.15, 0.2) is 12.4 Å². The summed E-state index contributed by atoms with van der Waals surface area (Å²) in [6, 6.07) is 14.9. The topological polar surface area (TPSA) is 72.6 Å². The van der Waals surface area contributed by atoms with Gasteiger partial charge in [0.05, 0.1) is 5.39 Å². The van der Waals surface area contributed by atoms with Crippen molar-refractivity contribution in [2.75, 3.05) is 6.61 Å². The molecular weight excluding hydrogens is 258 g/mol. The minimum atomic E-state index is -1.04. The van der Waals surface area contributed by atoms with Crippen molar-refractivity contribution < 1.29 is 19.2 Å². The Morgan fingerprint density at radius 1 is 1.15 bits per heavy atom. The van der Waals surface area contributed by atoms with E-state index >= 15 is 0 Å². The summed E-state index contributed by atoms with van der Waals surface area (Å²) < 4.78 is 10.5. The maximum absolute atomic E-state index is 10.6. The highest BCUT2D eigenvalue weighted by Gasteiger charge is 2.14. The zero-order valence-electron chi connectivity index (χ0n) is 10.4. The van der Waals surface area contributed by atoms with Gasteiger partial charge in [-0.25, -0.2) is 4.79 Å².